The van der Waals surface area contributed by atoms with Gasteiger partial charge in [0, 0.05) is 12.5 Å². The quantitative estimate of drug-likeness (QED) is 0.404. The molecule has 6 heteroatoms. The fourth-order valence-corrected chi connectivity index (χ4v) is 1.27. The highest BCUT2D eigenvalue weighted by Crippen LogP contribution is 2.22. The van der Waals surface area contributed by atoms with Crippen LogP contribution in [0.1, 0.15) is 48.0 Å². The lowest BCUT2D eigenvalue weighted by Crippen LogP contribution is -2.48. The number of hydrogen-bond donors (Lipinski definition) is 3. The lowest BCUT2D eigenvalue weighted by molar-refractivity contribution is -0.122. The summed E-state index contributed by atoms with van der Waals surface area (Å²) in [5.41, 5.74) is 1.22. The zero-order valence-corrected chi connectivity index (χ0v) is 12.1. The van der Waals surface area contributed by atoms with Crippen molar-refractivity contribution in [3.8, 4) is 0 Å². The highest BCUT2D eigenvalue weighted by Gasteiger charge is 2.30. The Balaban J connectivity index is 4.61. The first-order valence-corrected chi connectivity index (χ1v) is 5.94. The van der Waals surface area contributed by atoms with Crippen LogP contribution < -0.4 is 16.6 Å². The Morgan fingerprint density at radius 3 is 2.00 bits per heavy atom. The van der Waals surface area contributed by atoms with Gasteiger partial charge in [0.05, 0.1) is 0 Å². The third-order valence-electron chi connectivity index (χ3n) is 2.29. The largest absolute Gasteiger partial charge is 0.444 e. The summed E-state index contributed by atoms with van der Waals surface area (Å²) in [6.45, 7) is 11.1. The second kappa shape index (κ2) is 6.04. The molecule has 0 rings (SSSR count). The van der Waals surface area contributed by atoms with E-state index in [2.05, 4.69) is 10.7 Å². The van der Waals surface area contributed by atoms with Gasteiger partial charge in [-0.05, 0) is 26.2 Å². The zero-order chi connectivity index (χ0) is 14.6. The minimum absolute atomic E-state index is 0.110. The molecule has 0 aromatic rings. The average molecular weight is 259 g/mol. The van der Waals surface area contributed by atoms with E-state index < -0.39 is 11.7 Å². The Morgan fingerprint density at radius 2 is 1.67 bits per heavy atom. The maximum atomic E-state index is 11.7. The number of alkyl carbamates (subject to hydrolysis) is 1. The van der Waals surface area contributed by atoms with Gasteiger partial charge in [0.25, 0.3) is 0 Å². The number of hydrazine groups is 1. The van der Waals surface area contributed by atoms with Crippen molar-refractivity contribution in [2.75, 3.05) is 0 Å². The molecule has 0 fully saturated rings. The van der Waals surface area contributed by atoms with Crippen molar-refractivity contribution in [3.05, 3.63) is 0 Å². The maximum absolute atomic E-state index is 11.7. The van der Waals surface area contributed by atoms with Gasteiger partial charge in [-0.3, -0.25) is 10.2 Å². The van der Waals surface area contributed by atoms with E-state index in [1.54, 1.807) is 20.8 Å². The molecule has 6 nitrogen and oxygen atoms in total. The molecular weight excluding hydrogens is 234 g/mol. The molecule has 0 bridgehead atoms. The number of hydrogen-bond acceptors (Lipinski definition) is 4. The molecule has 0 radical (unpaired) electrons. The fourth-order valence-electron chi connectivity index (χ4n) is 1.27. The van der Waals surface area contributed by atoms with E-state index in [0.29, 0.717) is 0 Å². The van der Waals surface area contributed by atoms with E-state index in [9.17, 15) is 9.59 Å². The van der Waals surface area contributed by atoms with Gasteiger partial charge in [-0.25, -0.2) is 10.6 Å². The molecule has 106 valence electrons. The summed E-state index contributed by atoms with van der Waals surface area (Å²) in [6, 6.07) is -0.351. The van der Waals surface area contributed by atoms with Gasteiger partial charge in [0.2, 0.25) is 5.91 Å². The molecule has 0 aromatic carbocycles. The minimum Gasteiger partial charge on any atom is -0.444 e. The summed E-state index contributed by atoms with van der Waals surface area (Å²) >= 11 is 0. The Labute approximate surface area is 109 Å². The third-order valence-corrected chi connectivity index (χ3v) is 2.29. The molecule has 0 spiro atoms. The zero-order valence-electron chi connectivity index (χ0n) is 12.1. The molecule has 4 N–H and O–H groups in total. The summed E-state index contributed by atoms with van der Waals surface area (Å²) in [4.78, 5) is 23.0. The van der Waals surface area contributed by atoms with Crippen molar-refractivity contribution in [1.29, 1.82) is 0 Å². The summed E-state index contributed by atoms with van der Waals surface area (Å²) in [5.74, 6) is 4.72. The molecule has 2 amide bonds. The number of nitrogens with two attached hydrogens (primary N) is 1. The van der Waals surface area contributed by atoms with Crippen molar-refractivity contribution in [2.45, 2.75) is 59.6 Å². The van der Waals surface area contributed by atoms with Gasteiger partial charge in [-0.15, -0.1) is 0 Å². The van der Waals surface area contributed by atoms with Crippen LogP contribution in [-0.2, 0) is 9.53 Å². The maximum Gasteiger partial charge on any atom is 0.407 e. The highest BCUT2D eigenvalue weighted by molar-refractivity contribution is 5.77. The second-order valence-corrected chi connectivity index (χ2v) is 6.34. The first-order chi connectivity index (χ1) is 7.95. The Morgan fingerprint density at radius 1 is 1.17 bits per heavy atom. The lowest BCUT2D eigenvalue weighted by Gasteiger charge is -2.31. The molecule has 0 aliphatic heterocycles. The molecule has 0 saturated heterocycles. The van der Waals surface area contributed by atoms with Crippen LogP contribution in [0, 0.1) is 5.41 Å². The molecule has 0 aromatic heterocycles. The minimum atomic E-state index is -0.567. The molecule has 0 saturated carbocycles. The molecule has 1 unspecified atom stereocenters. The van der Waals surface area contributed by atoms with E-state index in [1.165, 1.54) is 0 Å². The smallest absolute Gasteiger partial charge is 0.407 e. The van der Waals surface area contributed by atoms with Crippen molar-refractivity contribution in [3.63, 3.8) is 0 Å². The monoisotopic (exact) mass is 259 g/mol. The van der Waals surface area contributed by atoms with Crippen molar-refractivity contribution >= 4 is 12.0 Å². The first kappa shape index (κ1) is 16.7. The summed E-state index contributed by atoms with van der Waals surface area (Å²) in [7, 11) is 0. The van der Waals surface area contributed by atoms with Crippen LogP contribution in [0.2, 0.25) is 0 Å². The number of rotatable bonds is 3. The topological polar surface area (TPSA) is 93.4 Å². The van der Waals surface area contributed by atoms with Crippen LogP contribution in [0.25, 0.3) is 0 Å². The molecule has 0 aliphatic carbocycles. The predicted molar refractivity (Wildman–Crippen MR) is 69.6 cm³/mol. The van der Waals surface area contributed by atoms with Crippen molar-refractivity contribution in [1.82, 2.24) is 10.7 Å². The SMILES string of the molecule is CC(C)(C)OC(=O)NC(CC(=O)NN)C(C)(C)C. The van der Waals surface area contributed by atoms with E-state index >= 15 is 0 Å². The molecular formula is C12H25N3O3. The standard InChI is InChI=1S/C12H25N3O3/c1-11(2,3)8(7-9(16)15-13)14-10(17)18-12(4,5)6/h8H,7,13H2,1-6H3,(H,14,17)(H,15,16). The predicted octanol–water partition coefficient (Wildman–Crippen LogP) is 1.31. The van der Waals surface area contributed by atoms with Crippen molar-refractivity contribution < 1.29 is 14.3 Å². The van der Waals surface area contributed by atoms with Crippen LogP contribution in [0.3, 0.4) is 0 Å². The third kappa shape index (κ3) is 7.11. The van der Waals surface area contributed by atoms with Crippen LogP contribution in [0.5, 0.6) is 0 Å². The van der Waals surface area contributed by atoms with Gasteiger partial charge >= 0.3 is 6.09 Å². The van der Waals surface area contributed by atoms with Crippen LogP contribution in [0.4, 0.5) is 4.79 Å². The second-order valence-electron chi connectivity index (χ2n) is 6.34. The van der Waals surface area contributed by atoms with Crippen LogP contribution >= 0.6 is 0 Å². The first-order valence-electron chi connectivity index (χ1n) is 5.94. The number of nitrogens with one attached hydrogen (secondary N) is 2. The van der Waals surface area contributed by atoms with Crippen LogP contribution in [-0.4, -0.2) is 23.6 Å². The van der Waals surface area contributed by atoms with Crippen molar-refractivity contribution in [2.24, 2.45) is 11.3 Å². The van der Waals surface area contributed by atoms with E-state index in [-0.39, 0.29) is 23.8 Å². The number of carbonyl (C=O) groups excluding carboxylic acids is 2. The summed E-state index contributed by atoms with van der Waals surface area (Å²) < 4.78 is 5.17. The summed E-state index contributed by atoms with van der Waals surface area (Å²) in [6.07, 6.45) is -0.425. The average Bonchev–Trinajstić information content (AvgIpc) is 2.11. The molecule has 0 heterocycles. The Hall–Kier alpha value is -1.30. The lowest BCUT2D eigenvalue weighted by atomic mass is 9.84. The molecule has 0 aliphatic rings. The van der Waals surface area contributed by atoms with Crippen LogP contribution in [0.15, 0.2) is 0 Å². The van der Waals surface area contributed by atoms with E-state index in [0.717, 1.165) is 0 Å². The highest BCUT2D eigenvalue weighted by atomic mass is 16.6. The van der Waals surface area contributed by atoms with Gasteiger partial charge in [0.15, 0.2) is 0 Å². The normalized spacial score (nSPS) is 13.7. The summed E-state index contributed by atoms with van der Waals surface area (Å²) in [5, 5.41) is 2.70. The van der Waals surface area contributed by atoms with Gasteiger partial charge in [-0.1, -0.05) is 20.8 Å². The number of amides is 2. The van der Waals surface area contributed by atoms with Gasteiger partial charge < -0.3 is 10.1 Å². The van der Waals surface area contributed by atoms with E-state index in [1.807, 2.05) is 20.8 Å². The van der Waals surface area contributed by atoms with Gasteiger partial charge in [-0.2, -0.15) is 0 Å². The number of carbonyl (C=O) groups is 2. The molecule has 1 atom stereocenters. The Bertz CT molecular complexity index is 303. The number of ether oxygens (including phenoxy) is 1. The Kier molecular flexibility index (Phi) is 5.60. The van der Waals surface area contributed by atoms with E-state index in [4.69, 9.17) is 10.6 Å². The molecule has 18 heavy (non-hydrogen) atoms. The van der Waals surface area contributed by atoms with Gasteiger partial charge in [0.1, 0.15) is 5.60 Å². The fraction of sp³-hybridized carbons (Fsp3) is 0.833.